The second kappa shape index (κ2) is 11.2. The van der Waals surface area contributed by atoms with E-state index >= 15 is 0 Å². The molecule has 2 aromatic heterocycles. The maximum atomic E-state index is 13.2. The van der Waals surface area contributed by atoms with Crippen molar-refractivity contribution in [2.75, 3.05) is 39.5 Å². The highest BCUT2D eigenvalue weighted by Gasteiger charge is 2.23. The summed E-state index contributed by atoms with van der Waals surface area (Å²) in [4.78, 5) is 28.9. The van der Waals surface area contributed by atoms with Crippen LogP contribution in [0.2, 0.25) is 0 Å². The highest BCUT2D eigenvalue weighted by Crippen LogP contribution is 2.23. The van der Waals surface area contributed by atoms with E-state index in [1.807, 2.05) is 50.5 Å². The molecule has 0 aliphatic carbocycles. The van der Waals surface area contributed by atoms with Crippen LogP contribution in [0.3, 0.4) is 0 Å². The van der Waals surface area contributed by atoms with Crippen molar-refractivity contribution in [1.29, 1.82) is 0 Å². The number of amides is 1. The van der Waals surface area contributed by atoms with Gasteiger partial charge in [0.15, 0.2) is 0 Å². The van der Waals surface area contributed by atoms with E-state index in [9.17, 15) is 4.79 Å². The Bertz CT molecular complexity index is 1070. The van der Waals surface area contributed by atoms with Crippen LogP contribution in [0.4, 0.5) is 0 Å². The Labute approximate surface area is 194 Å². The smallest absolute Gasteiger partial charge is 0.252 e. The summed E-state index contributed by atoms with van der Waals surface area (Å²) in [5.74, 6) is 1.15. The molecular formula is C25H31N5O3. The third-order valence-electron chi connectivity index (χ3n) is 5.83. The predicted molar refractivity (Wildman–Crippen MR) is 126 cm³/mol. The molecule has 0 saturated carbocycles. The number of pyridine rings is 1. The lowest BCUT2D eigenvalue weighted by molar-refractivity contribution is 0.0608. The largest absolute Gasteiger partial charge is 0.478 e. The summed E-state index contributed by atoms with van der Waals surface area (Å²) < 4.78 is 11.2. The van der Waals surface area contributed by atoms with Crippen LogP contribution in [-0.4, -0.2) is 65.2 Å². The maximum Gasteiger partial charge on any atom is 0.252 e. The van der Waals surface area contributed by atoms with Crippen LogP contribution in [0.15, 0.2) is 42.7 Å². The van der Waals surface area contributed by atoms with Crippen molar-refractivity contribution in [3.63, 3.8) is 0 Å². The molecule has 3 aromatic rings. The van der Waals surface area contributed by atoms with E-state index in [0.29, 0.717) is 31.2 Å². The molecule has 1 aromatic carbocycles. The van der Waals surface area contributed by atoms with Gasteiger partial charge in [-0.05, 0) is 51.4 Å². The maximum absolute atomic E-state index is 13.2. The first-order valence-corrected chi connectivity index (χ1v) is 11.6. The molecule has 174 valence electrons. The van der Waals surface area contributed by atoms with Gasteiger partial charge in [0.2, 0.25) is 5.88 Å². The Morgan fingerprint density at radius 2 is 2.00 bits per heavy atom. The first-order valence-electron chi connectivity index (χ1n) is 11.6. The van der Waals surface area contributed by atoms with Crippen LogP contribution < -0.4 is 10.1 Å². The molecule has 0 radical (unpaired) electrons. The topological polar surface area (TPSA) is 89.5 Å². The zero-order valence-electron chi connectivity index (χ0n) is 19.3. The van der Waals surface area contributed by atoms with E-state index < -0.39 is 0 Å². The number of nitrogens with zero attached hydrogens (tertiary/aromatic N) is 4. The van der Waals surface area contributed by atoms with Crippen molar-refractivity contribution in [2.24, 2.45) is 0 Å². The Morgan fingerprint density at radius 1 is 1.15 bits per heavy atom. The number of nitrogens with one attached hydrogen (secondary N) is 1. The number of aryl methyl sites for hydroxylation is 1. The first kappa shape index (κ1) is 23.1. The SMILES string of the molecule is CCOc1ccc2c(C(=O)NCC(c3cnc(C)nc3)N3CCCCOCC3)cccc2n1. The van der Waals surface area contributed by atoms with Gasteiger partial charge in [-0.25, -0.2) is 15.0 Å². The van der Waals surface area contributed by atoms with Gasteiger partial charge in [0, 0.05) is 54.7 Å². The number of carbonyl (C=O) groups excluding carboxylic acids is 1. The third kappa shape index (κ3) is 5.83. The number of ether oxygens (including phenoxy) is 2. The second-order valence-corrected chi connectivity index (χ2v) is 8.10. The standard InChI is InChI=1S/C25H31N5O3/c1-3-33-24-10-9-20-21(7-6-8-22(20)29-24)25(31)28-17-23(19-15-26-18(2)27-16-19)30-11-4-5-13-32-14-12-30/h6-10,15-16,23H,3-5,11-14,17H2,1-2H3,(H,28,31). The van der Waals surface area contributed by atoms with Gasteiger partial charge in [-0.15, -0.1) is 0 Å². The van der Waals surface area contributed by atoms with Crippen LogP contribution in [0.1, 0.15) is 47.6 Å². The van der Waals surface area contributed by atoms with Gasteiger partial charge in [-0.3, -0.25) is 9.69 Å². The molecule has 1 N–H and O–H groups in total. The fourth-order valence-electron chi connectivity index (χ4n) is 4.11. The normalized spacial score (nSPS) is 16.1. The van der Waals surface area contributed by atoms with Gasteiger partial charge in [-0.1, -0.05) is 6.07 Å². The van der Waals surface area contributed by atoms with Crippen molar-refractivity contribution in [3.8, 4) is 5.88 Å². The average molecular weight is 450 g/mol. The van der Waals surface area contributed by atoms with Crippen LogP contribution in [0.25, 0.3) is 10.9 Å². The number of hydrogen-bond acceptors (Lipinski definition) is 7. The number of fused-ring (bicyclic) bond motifs is 1. The van der Waals surface area contributed by atoms with E-state index in [-0.39, 0.29) is 11.9 Å². The monoisotopic (exact) mass is 449 g/mol. The van der Waals surface area contributed by atoms with E-state index in [2.05, 4.69) is 25.2 Å². The van der Waals surface area contributed by atoms with Crippen molar-refractivity contribution in [3.05, 3.63) is 59.7 Å². The minimum absolute atomic E-state index is 0.0334. The van der Waals surface area contributed by atoms with Crippen LogP contribution in [-0.2, 0) is 4.74 Å². The summed E-state index contributed by atoms with van der Waals surface area (Å²) in [7, 11) is 0. The molecule has 1 amide bonds. The number of hydrogen-bond donors (Lipinski definition) is 1. The van der Waals surface area contributed by atoms with Gasteiger partial charge in [0.25, 0.3) is 5.91 Å². The van der Waals surface area contributed by atoms with Crippen molar-refractivity contribution in [1.82, 2.24) is 25.2 Å². The number of rotatable bonds is 7. The van der Waals surface area contributed by atoms with E-state index in [1.54, 1.807) is 6.07 Å². The fraction of sp³-hybridized carbons (Fsp3) is 0.440. The van der Waals surface area contributed by atoms with Crippen LogP contribution in [0.5, 0.6) is 5.88 Å². The predicted octanol–water partition coefficient (Wildman–Crippen LogP) is 3.32. The molecule has 8 nitrogen and oxygen atoms in total. The third-order valence-corrected chi connectivity index (χ3v) is 5.83. The fourth-order valence-corrected chi connectivity index (χ4v) is 4.11. The number of aromatic nitrogens is 3. The summed E-state index contributed by atoms with van der Waals surface area (Å²) in [5, 5.41) is 3.94. The molecule has 1 unspecified atom stereocenters. The molecule has 0 bridgehead atoms. The summed E-state index contributed by atoms with van der Waals surface area (Å²) in [6.45, 7) is 8.01. The lowest BCUT2D eigenvalue weighted by Crippen LogP contribution is -2.41. The van der Waals surface area contributed by atoms with Gasteiger partial charge < -0.3 is 14.8 Å². The molecule has 0 spiro atoms. The Morgan fingerprint density at radius 3 is 2.82 bits per heavy atom. The molecule has 4 rings (SSSR count). The zero-order valence-corrected chi connectivity index (χ0v) is 19.3. The summed E-state index contributed by atoms with van der Waals surface area (Å²) in [6, 6.07) is 9.22. The lowest BCUT2D eigenvalue weighted by Gasteiger charge is -2.33. The van der Waals surface area contributed by atoms with Crippen molar-refractivity contribution < 1.29 is 14.3 Å². The quantitative estimate of drug-likeness (QED) is 0.592. The summed E-state index contributed by atoms with van der Waals surface area (Å²) >= 11 is 0. The lowest BCUT2D eigenvalue weighted by atomic mass is 10.1. The minimum Gasteiger partial charge on any atom is -0.478 e. The molecular weight excluding hydrogens is 418 g/mol. The molecule has 1 fully saturated rings. The molecule has 1 aliphatic rings. The van der Waals surface area contributed by atoms with Crippen molar-refractivity contribution >= 4 is 16.8 Å². The van der Waals surface area contributed by atoms with Crippen LogP contribution in [0, 0.1) is 6.92 Å². The number of benzene rings is 1. The molecule has 1 aliphatic heterocycles. The summed E-state index contributed by atoms with van der Waals surface area (Å²) in [5.41, 5.74) is 2.32. The molecule has 1 saturated heterocycles. The molecule has 3 heterocycles. The van der Waals surface area contributed by atoms with Gasteiger partial charge >= 0.3 is 0 Å². The van der Waals surface area contributed by atoms with Gasteiger partial charge in [0.1, 0.15) is 5.82 Å². The first-order chi connectivity index (χ1) is 16.2. The average Bonchev–Trinajstić information content (AvgIpc) is 2.80. The summed E-state index contributed by atoms with van der Waals surface area (Å²) in [6.07, 6.45) is 5.80. The Kier molecular flexibility index (Phi) is 7.80. The van der Waals surface area contributed by atoms with E-state index in [4.69, 9.17) is 9.47 Å². The minimum atomic E-state index is -0.132. The molecule has 33 heavy (non-hydrogen) atoms. The number of carbonyl (C=O) groups is 1. The highest BCUT2D eigenvalue weighted by molar-refractivity contribution is 6.06. The van der Waals surface area contributed by atoms with Crippen LogP contribution >= 0.6 is 0 Å². The Hall–Kier alpha value is -3.10. The van der Waals surface area contributed by atoms with E-state index in [0.717, 1.165) is 54.8 Å². The zero-order chi connectivity index (χ0) is 23.0. The van der Waals surface area contributed by atoms with Gasteiger partial charge in [-0.2, -0.15) is 0 Å². The molecule has 8 heteroatoms. The Balaban J connectivity index is 1.54. The van der Waals surface area contributed by atoms with Crippen molar-refractivity contribution in [2.45, 2.75) is 32.7 Å². The molecule has 1 atom stereocenters. The van der Waals surface area contributed by atoms with Gasteiger partial charge in [0.05, 0.1) is 24.8 Å². The van der Waals surface area contributed by atoms with E-state index in [1.165, 1.54) is 0 Å². The highest BCUT2D eigenvalue weighted by atomic mass is 16.5. The second-order valence-electron chi connectivity index (χ2n) is 8.10.